The highest BCUT2D eigenvalue weighted by Gasteiger charge is 2.17. The second-order valence-corrected chi connectivity index (χ2v) is 2.12. The first-order valence-electron chi connectivity index (χ1n) is 3.40. The van der Waals surface area contributed by atoms with Crippen LogP contribution in [0.2, 0.25) is 0 Å². The molecule has 0 spiro atoms. The number of ether oxygens (including phenoxy) is 2. The Kier molecular flexibility index (Phi) is 4.26. The van der Waals surface area contributed by atoms with E-state index in [9.17, 15) is 9.59 Å². The fraction of sp³-hybridized carbons (Fsp3) is 0.714. The van der Waals surface area contributed by atoms with Crippen molar-refractivity contribution in [3.05, 3.63) is 0 Å². The molecule has 0 aromatic heterocycles. The highest BCUT2D eigenvalue weighted by atomic mass is 16.6. The summed E-state index contributed by atoms with van der Waals surface area (Å²) in [5, 5.41) is 0. The number of methoxy groups -OCH3 is 1. The SMILES string of the molecule is CCC(C)OC(=O)C(=O)OC. The standard InChI is InChI=1S/C7H12O4/c1-4-5(2)11-7(9)6(8)10-3/h5H,4H2,1-3H3. The van der Waals surface area contributed by atoms with E-state index in [1.54, 1.807) is 6.92 Å². The van der Waals surface area contributed by atoms with Crippen LogP contribution in [0.1, 0.15) is 20.3 Å². The molecule has 0 rings (SSSR count). The van der Waals surface area contributed by atoms with Crippen molar-refractivity contribution in [3.63, 3.8) is 0 Å². The average molecular weight is 160 g/mol. The van der Waals surface area contributed by atoms with Gasteiger partial charge in [0, 0.05) is 0 Å². The van der Waals surface area contributed by atoms with E-state index in [1.165, 1.54) is 0 Å². The highest BCUT2D eigenvalue weighted by molar-refractivity contribution is 6.29. The molecule has 0 aromatic rings. The number of hydrogen-bond acceptors (Lipinski definition) is 4. The lowest BCUT2D eigenvalue weighted by Crippen LogP contribution is -2.23. The Morgan fingerprint density at radius 2 is 1.91 bits per heavy atom. The van der Waals surface area contributed by atoms with Crippen molar-refractivity contribution in [1.82, 2.24) is 0 Å². The van der Waals surface area contributed by atoms with Crippen LogP contribution in [-0.4, -0.2) is 25.2 Å². The molecule has 0 saturated carbocycles. The third-order valence-electron chi connectivity index (χ3n) is 1.24. The predicted octanol–water partition coefficient (Wildman–Crippen LogP) is 0.501. The highest BCUT2D eigenvalue weighted by Crippen LogP contribution is 1.96. The first-order chi connectivity index (χ1) is 5.11. The number of carbonyl (C=O) groups excluding carboxylic acids is 2. The van der Waals surface area contributed by atoms with Gasteiger partial charge in [-0.2, -0.15) is 0 Å². The zero-order valence-corrected chi connectivity index (χ0v) is 6.92. The van der Waals surface area contributed by atoms with E-state index >= 15 is 0 Å². The molecule has 0 radical (unpaired) electrons. The second kappa shape index (κ2) is 4.71. The monoisotopic (exact) mass is 160 g/mol. The number of hydrogen-bond donors (Lipinski definition) is 0. The predicted molar refractivity (Wildman–Crippen MR) is 37.9 cm³/mol. The Bertz CT molecular complexity index is 153. The van der Waals surface area contributed by atoms with Crippen LogP contribution in [0.3, 0.4) is 0 Å². The van der Waals surface area contributed by atoms with Gasteiger partial charge in [0.25, 0.3) is 0 Å². The van der Waals surface area contributed by atoms with Crippen LogP contribution in [0.5, 0.6) is 0 Å². The molecule has 1 unspecified atom stereocenters. The molecule has 0 fully saturated rings. The summed E-state index contributed by atoms with van der Waals surface area (Å²) in [6.45, 7) is 3.57. The largest absolute Gasteiger partial charge is 0.461 e. The smallest absolute Gasteiger partial charge is 0.417 e. The van der Waals surface area contributed by atoms with Gasteiger partial charge < -0.3 is 9.47 Å². The quantitative estimate of drug-likeness (QED) is 0.436. The van der Waals surface area contributed by atoms with Crippen molar-refractivity contribution >= 4 is 11.9 Å². The van der Waals surface area contributed by atoms with Gasteiger partial charge in [0.1, 0.15) is 0 Å². The Labute approximate surface area is 65.5 Å². The van der Waals surface area contributed by atoms with Crippen molar-refractivity contribution in [2.45, 2.75) is 26.4 Å². The third kappa shape index (κ3) is 3.60. The Hall–Kier alpha value is -1.06. The first-order valence-corrected chi connectivity index (χ1v) is 3.40. The van der Waals surface area contributed by atoms with Gasteiger partial charge in [-0.3, -0.25) is 0 Å². The van der Waals surface area contributed by atoms with E-state index in [4.69, 9.17) is 0 Å². The minimum absolute atomic E-state index is 0.235. The molecule has 4 nitrogen and oxygen atoms in total. The second-order valence-electron chi connectivity index (χ2n) is 2.12. The van der Waals surface area contributed by atoms with Gasteiger partial charge in [-0.25, -0.2) is 9.59 Å². The molecule has 64 valence electrons. The van der Waals surface area contributed by atoms with Crippen molar-refractivity contribution in [2.75, 3.05) is 7.11 Å². The molecule has 0 aliphatic rings. The molecule has 0 aliphatic carbocycles. The van der Waals surface area contributed by atoms with Gasteiger partial charge in [0.2, 0.25) is 0 Å². The summed E-state index contributed by atoms with van der Waals surface area (Å²) >= 11 is 0. The van der Waals surface area contributed by atoms with Crippen molar-refractivity contribution < 1.29 is 19.1 Å². The molecular weight excluding hydrogens is 148 g/mol. The maximum Gasteiger partial charge on any atom is 0.417 e. The minimum Gasteiger partial charge on any atom is -0.461 e. The zero-order valence-electron chi connectivity index (χ0n) is 6.92. The summed E-state index contributed by atoms with van der Waals surface area (Å²) in [6, 6.07) is 0. The molecule has 0 aromatic carbocycles. The van der Waals surface area contributed by atoms with E-state index in [1.807, 2.05) is 6.92 Å². The molecule has 0 saturated heterocycles. The maximum atomic E-state index is 10.6. The molecular formula is C7H12O4. The van der Waals surface area contributed by atoms with E-state index < -0.39 is 11.9 Å². The molecule has 0 aliphatic heterocycles. The molecule has 0 bridgehead atoms. The van der Waals surface area contributed by atoms with Gasteiger partial charge in [0.15, 0.2) is 0 Å². The Balaban J connectivity index is 3.77. The summed E-state index contributed by atoms with van der Waals surface area (Å²) in [6.07, 6.45) is 0.449. The first kappa shape index (κ1) is 9.94. The van der Waals surface area contributed by atoms with Gasteiger partial charge in [0.05, 0.1) is 13.2 Å². The lowest BCUT2D eigenvalue weighted by atomic mass is 10.3. The summed E-state index contributed by atoms with van der Waals surface area (Å²) < 4.78 is 8.78. The fourth-order valence-electron chi connectivity index (χ4n) is 0.398. The molecule has 11 heavy (non-hydrogen) atoms. The Morgan fingerprint density at radius 1 is 1.36 bits per heavy atom. The average Bonchev–Trinajstić information content (AvgIpc) is 2.02. The van der Waals surface area contributed by atoms with E-state index in [-0.39, 0.29) is 6.10 Å². The van der Waals surface area contributed by atoms with Crippen LogP contribution in [0, 0.1) is 0 Å². The maximum absolute atomic E-state index is 10.6. The lowest BCUT2D eigenvalue weighted by Gasteiger charge is -2.08. The summed E-state index contributed by atoms with van der Waals surface area (Å²) in [7, 11) is 1.14. The van der Waals surface area contributed by atoms with Crippen LogP contribution in [0.15, 0.2) is 0 Å². The summed E-state index contributed by atoms with van der Waals surface area (Å²) in [4.78, 5) is 21.1. The molecule has 1 atom stereocenters. The fourth-order valence-corrected chi connectivity index (χ4v) is 0.398. The van der Waals surface area contributed by atoms with Crippen molar-refractivity contribution in [1.29, 1.82) is 0 Å². The normalized spacial score (nSPS) is 11.9. The molecule has 0 amide bonds. The minimum atomic E-state index is -0.953. The third-order valence-corrected chi connectivity index (χ3v) is 1.24. The molecule has 0 heterocycles. The summed E-state index contributed by atoms with van der Waals surface area (Å²) in [5.74, 6) is -1.88. The van der Waals surface area contributed by atoms with E-state index in [0.29, 0.717) is 6.42 Å². The molecule has 4 heteroatoms. The lowest BCUT2D eigenvalue weighted by molar-refractivity contribution is -0.168. The number of esters is 2. The van der Waals surface area contributed by atoms with Crippen LogP contribution in [0.25, 0.3) is 0 Å². The van der Waals surface area contributed by atoms with Gasteiger partial charge in [-0.1, -0.05) is 6.92 Å². The topological polar surface area (TPSA) is 52.6 Å². The van der Waals surface area contributed by atoms with Gasteiger partial charge in [-0.15, -0.1) is 0 Å². The Morgan fingerprint density at radius 3 is 2.27 bits per heavy atom. The molecule has 0 N–H and O–H groups in total. The van der Waals surface area contributed by atoms with E-state index in [2.05, 4.69) is 9.47 Å². The van der Waals surface area contributed by atoms with E-state index in [0.717, 1.165) is 7.11 Å². The van der Waals surface area contributed by atoms with Gasteiger partial charge in [-0.05, 0) is 13.3 Å². The van der Waals surface area contributed by atoms with Crippen LogP contribution < -0.4 is 0 Å². The van der Waals surface area contributed by atoms with Crippen LogP contribution in [0.4, 0.5) is 0 Å². The van der Waals surface area contributed by atoms with Crippen LogP contribution >= 0.6 is 0 Å². The van der Waals surface area contributed by atoms with Gasteiger partial charge >= 0.3 is 11.9 Å². The van der Waals surface area contributed by atoms with Crippen LogP contribution in [-0.2, 0) is 19.1 Å². The van der Waals surface area contributed by atoms with Crippen molar-refractivity contribution in [2.24, 2.45) is 0 Å². The summed E-state index contributed by atoms with van der Waals surface area (Å²) in [5.41, 5.74) is 0. The zero-order chi connectivity index (χ0) is 8.85. The number of rotatable bonds is 2. The number of carbonyl (C=O) groups is 2. The van der Waals surface area contributed by atoms with Crippen molar-refractivity contribution in [3.8, 4) is 0 Å².